The summed E-state index contributed by atoms with van der Waals surface area (Å²) < 4.78 is 2.61. The highest BCUT2D eigenvalue weighted by Crippen LogP contribution is 2.53. The first-order chi connectivity index (χ1) is 28.1. The maximum Gasteiger partial charge on any atom is 0.160 e. The Morgan fingerprint density at radius 3 is 1.74 bits per heavy atom. The molecule has 2 heterocycles. The standard InChI is InChI=1S/C54H36N2S/c1-54(42-19-9-4-10-20-42)47-23-13-11-21-43(47)44-27-25-38(33-48(44)54)49-34-50(56-53(55-49)36-17-7-3-8-18-36)41-30-39(35-15-5-2-6-16-35)29-40(31-41)37-26-28-52-46(32-37)45-22-12-14-24-51(45)57-52/h2-34H,1H3. The molecule has 57 heavy (non-hydrogen) atoms. The van der Waals surface area contributed by atoms with Crippen LogP contribution in [-0.4, -0.2) is 9.97 Å². The van der Waals surface area contributed by atoms with Gasteiger partial charge in [-0.2, -0.15) is 0 Å². The molecule has 1 aliphatic rings. The van der Waals surface area contributed by atoms with Gasteiger partial charge in [-0.05, 0) is 106 Å². The predicted octanol–water partition coefficient (Wildman–Crippen LogP) is 14.5. The van der Waals surface area contributed by atoms with Crippen molar-refractivity contribution in [3.05, 3.63) is 217 Å². The van der Waals surface area contributed by atoms with Crippen LogP contribution in [0.3, 0.4) is 0 Å². The normalized spacial score (nSPS) is 14.5. The van der Waals surface area contributed by atoms with Gasteiger partial charge in [0.15, 0.2) is 5.82 Å². The van der Waals surface area contributed by atoms with E-state index in [1.54, 1.807) is 0 Å². The van der Waals surface area contributed by atoms with E-state index in [1.807, 2.05) is 17.4 Å². The number of fused-ring (bicyclic) bond motifs is 6. The average Bonchev–Trinajstić information content (AvgIpc) is 3.79. The van der Waals surface area contributed by atoms with Crippen molar-refractivity contribution in [1.82, 2.24) is 9.97 Å². The molecule has 1 unspecified atom stereocenters. The van der Waals surface area contributed by atoms with E-state index in [9.17, 15) is 0 Å². The van der Waals surface area contributed by atoms with Crippen molar-refractivity contribution in [2.45, 2.75) is 12.3 Å². The van der Waals surface area contributed by atoms with Crippen LogP contribution in [-0.2, 0) is 5.41 Å². The van der Waals surface area contributed by atoms with Crippen molar-refractivity contribution in [2.24, 2.45) is 0 Å². The van der Waals surface area contributed by atoms with E-state index in [2.05, 4.69) is 201 Å². The number of hydrogen-bond donors (Lipinski definition) is 0. The Labute approximate surface area is 336 Å². The SMILES string of the molecule is CC1(c2ccccc2)c2ccccc2-c2ccc(-c3cc(-c4cc(-c5ccccc5)cc(-c5ccc6sc7ccccc7c6c5)c4)nc(-c4ccccc4)n3)cc21. The fourth-order valence-electron chi connectivity index (χ4n) is 8.84. The minimum Gasteiger partial charge on any atom is -0.228 e. The maximum atomic E-state index is 5.32. The molecule has 0 aliphatic heterocycles. The Morgan fingerprint density at radius 2 is 0.947 bits per heavy atom. The van der Waals surface area contributed by atoms with Crippen LogP contribution in [0.2, 0.25) is 0 Å². The molecule has 2 nitrogen and oxygen atoms in total. The van der Waals surface area contributed by atoms with E-state index in [-0.39, 0.29) is 5.41 Å². The highest BCUT2D eigenvalue weighted by atomic mass is 32.1. The molecule has 0 saturated carbocycles. The van der Waals surface area contributed by atoms with E-state index < -0.39 is 0 Å². The van der Waals surface area contributed by atoms with Crippen LogP contribution < -0.4 is 0 Å². The Kier molecular flexibility index (Phi) is 7.84. The number of benzene rings is 8. The Bertz CT molecular complexity index is 3130. The van der Waals surface area contributed by atoms with Crippen LogP contribution in [0.4, 0.5) is 0 Å². The fourth-order valence-corrected chi connectivity index (χ4v) is 9.92. The monoisotopic (exact) mass is 744 g/mol. The summed E-state index contributed by atoms with van der Waals surface area (Å²) in [6.45, 7) is 2.37. The van der Waals surface area contributed by atoms with Crippen LogP contribution in [0.5, 0.6) is 0 Å². The molecule has 0 bridgehead atoms. The van der Waals surface area contributed by atoms with Gasteiger partial charge in [0.2, 0.25) is 0 Å². The van der Waals surface area contributed by atoms with Crippen molar-refractivity contribution in [3.63, 3.8) is 0 Å². The predicted molar refractivity (Wildman–Crippen MR) is 240 cm³/mol. The highest BCUT2D eigenvalue weighted by molar-refractivity contribution is 7.25. The molecular formula is C54H36N2S. The zero-order valence-electron chi connectivity index (χ0n) is 31.4. The van der Waals surface area contributed by atoms with Gasteiger partial charge in [0.05, 0.1) is 11.4 Å². The average molecular weight is 745 g/mol. The molecule has 0 amide bonds. The second-order valence-electron chi connectivity index (χ2n) is 15.1. The van der Waals surface area contributed by atoms with E-state index >= 15 is 0 Å². The van der Waals surface area contributed by atoms with Crippen LogP contribution in [0.15, 0.2) is 200 Å². The van der Waals surface area contributed by atoms with Crippen LogP contribution in [0, 0.1) is 0 Å². The van der Waals surface area contributed by atoms with Crippen LogP contribution >= 0.6 is 11.3 Å². The van der Waals surface area contributed by atoms with Crippen LogP contribution in [0.1, 0.15) is 23.6 Å². The quantitative estimate of drug-likeness (QED) is 0.169. The molecule has 11 rings (SSSR count). The van der Waals surface area contributed by atoms with Gasteiger partial charge >= 0.3 is 0 Å². The molecule has 0 N–H and O–H groups in total. The van der Waals surface area contributed by atoms with E-state index in [4.69, 9.17) is 9.97 Å². The van der Waals surface area contributed by atoms with E-state index in [0.29, 0.717) is 5.82 Å². The van der Waals surface area contributed by atoms with E-state index in [0.717, 1.165) is 39.2 Å². The van der Waals surface area contributed by atoms with Gasteiger partial charge in [-0.1, -0.05) is 152 Å². The smallest absolute Gasteiger partial charge is 0.160 e. The lowest BCUT2D eigenvalue weighted by molar-refractivity contribution is 0.714. The molecule has 0 saturated heterocycles. The van der Waals surface area contributed by atoms with Gasteiger partial charge in [-0.25, -0.2) is 9.97 Å². The minimum atomic E-state index is -0.310. The number of hydrogen-bond acceptors (Lipinski definition) is 3. The molecule has 2 aromatic heterocycles. The van der Waals surface area contributed by atoms with Gasteiger partial charge in [0.25, 0.3) is 0 Å². The molecule has 10 aromatic rings. The Morgan fingerprint density at radius 1 is 0.368 bits per heavy atom. The van der Waals surface area contributed by atoms with Crippen molar-refractivity contribution < 1.29 is 0 Å². The van der Waals surface area contributed by atoms with Gasteiger partial charge in [-0.3, -0.25) is 0 Å². The lowest BCUT2D eigenvalue weighted by Gasteiger charge is -2.28. The van der Waals surface area contributed by atoms with Crippen molar-refractivity contribution in [1.29, 1.82) is 0 Å². The molecule has 0 radical (unpaired) electrons. The highest BCUT2D eigenvalue weighted by Gasteiger charge is 2.40. The van der Waals surface area contributed by atoms with Gasteiger partial charge < -0.3 is 0 Å². The number of thiophene rings is 1. The Hall–Kier alpha value is -6.94. The van der Waals surface area contributed by atoms with Crippen molar-refractivity contribution >= 4 is 31.5 Å². The number of aromatic nitrogens is 2. The summed E-state index contributed by atoms with van der Waals surface area (Å²) in [5.41, 5.74) is 15.7. The second kappa shape index (κ2) is 13.4. The third-order valence-corrected chi connectivity index (χ3v) is 12.9. The molecule has 1 aliphatic carbocycles. The molecule has 268 valence electrons. The lowest BCUT2D eigenvalue weighted by atomic mass is 9.74. The summed E-state index contributed by atoms with van der Waals surface area (Å²) in [6, 6.07) is 72.3. The molecule has 3 heteroatoms. The first-order valence-corrected chi connectivity index (χ1v) is 20.3. The maximum absolute atomic E-state index is 5.32. The molecule has 1 atom stereocenters. The molecular weight excluding hydrogens is 709 g/mol. The molecule has 0 spiro atoms. The van der Waals surface area contributed by atoms with Crippen molar-refractivity contribution in [2.75, 3.05) is 0 Å². The molecule has 8 aromatic carbocycles. The lowest BCUT2D eigenvalue weighted by Crippen LogP contribution is -2.22. The number of nitrogens with zero attached hydrogens (tertiary/aromatic N) is 2. The van der Waals surface area contributed by atoms with E-state index in [1.165, 1.54) is 59.1 Å². The van der Waals surface area contributed by atoms with Crippen molar-refractivity contribution in [3.8, 4) is 67.3 Å². The third-order valence-electron chi connectivity index (χ3n) is 11.8. The first kappa shape index (κ1) is 33.4. The fraction of sp³-hybridized carbons (Fsp3) is 0.0370. The zero-order valence-corrected chi connectivity index (χ0v) is 32.2. The summed E-state index contributed by atoms with van der Waals surface area (Å²) in [4.78, 5) is 10.6. The summed E-state index contributed by atoms with van der Waals surface area (Å²) in [6.07, 6.45) is 0. The Balaban J connectivity index is 1.11. The minimum absolute atomic E-state index is 0.310. The second-order valence-corrected chi connectivity index (χ2v) is 16.2. The van der Waals surface area contributed by atoms with Gasteiger partial charge in [0.1, 0.15) is 0 Å². The summed E-state index contributed by atoms with van der Waals surface area (Å²) in [5, 5.41) is 2.59. The third kappa shape index (κ3) is 5.62. The van der Waals surface area contributed by atoms with Crippen LogP contribution in [0.25, 0.3) is 87.5 Å². The van der Waals surface area contributed by atoms with Gasteiger partial charge in [-0.15, -0.1) is 11.3 Å². The summed E-state index contributed by atoms with van der Waals surface area (Å²) in [5.74, 6) is 0.704. The van der Waals surface area contributed by atoms with Gasteiger partial charge in [0, 0.05) is 42.3 Å². The topological polar surface area (TPSA) is 25.8 Å². The number of rotatable bonds is 6. The summed E-state index contributed by atoms with van der Waals surface area (Å²) in [7, 11) is 0. The molecule has 0 fully saturated rings. The largest absolute Gasteiger partial charge is 0.228 e. The first-order valence-electron chi connectivity index (χ1n) is 19.5. The summed E-state index contributed by atoms with van der Waals surface area (Å²) >= 11 is 1.85. The zero-order chi connectivity index (χ0) is 37.9.